The topological polar surface area (TPSA) is 21.3 Å². The Morgan fingerprint density at radius 2 is 2.20 bits per heavy atom. The lowest BCUT2D eigenvalue weighted by Crippen LogP contribution is -2.24. The van der Waals surface area contributed by atoms with Crippen LogP contribution in [0.5, 0.6) is 0 Å². The van der Waals surface area contributed by atoms with E-state index >= 15 is 0 Å². The summed E-state index contributed by atoms with van der Waals surface area (Å²) in [7, 11) is 1.71. The lowest BCUT2D eigenvalue weighted by molar-refractivity contribution is 0.184. The number of ether oxygens (including phenoxy) is 1. The summed E-state index contributed by atoms with van der Waals surface area (Å²) in [6.07, 6.45) is 1.01. The van der Waals surface area contributed by atoms with Crippen LogP contribution in [0.15, 0.2) is 18.2 Å². The first kappa shape index (κ1) is 12.3. The summed E-state index contributed by atoms with van der Waals surface area (Å²) in [5.41, 5.74) is 2.19. The van der Waals surface area contributed by atoms with Gasteiger partial charge in [-0.05, 0) is 31.0 Å². The monoisotopic (exact) mass is 227 g/mol. The van der Waals surface area contributed by atoms with Crippen LogP contribution < -0.4 is 5.32 Å². The number of hydrogen-bond donors (Lipinski definition) is 1. The molecule has 0 amide bonds. The first-order valence-corrected chi connectivity index (χ1v) is 5.56. The van der Waals surface area contributed by atoms with Gasteiger partial charge >= 0.3 is 0 Å². The average molecular weight is 228 g/mol. The van der Waals surface area contributed by atoms with E-state index in [9.17, 15) is 0 Å². The molecule has 1 N–H and O–H groups in total. The predicted molar refractivity (Wildman–Crippen MR) is 65.8 cm³/mol. The van der Waals surface area contributed by atoms with Gasteiger partial charge in [-0.25, -0.2) is 0 Å². The summed E-state index contributed by atoms with van der Waals surface area (Å²) in [6.45, 7) is 4.87. The minimum atomic E-state index is 0.314. The third-order valence-corrected chi connectivity index (χ3v) is 2.67. The molecule has 0 bridgehead atoms. The molecule has 0 saturated heterocycles. The lowest BCUT2D eigenvalue weighted by atomic mass is 10.2. The molecule has 1 aromatic carbocycles. The number of aryl methyl sites for hydroxylation is 1. The summed E-state index contributed by atoms with van der Waals surface area (Å²) in [5.74, 6) is 0. The zero-order valence-electron chi connectivity index (χ0n) is 9.51. The average Bonchev–Trinajstić information content (AvgIpc) is 2.22. The fraction of sp³-hybridized carbons (Fsp3) is 0.500. The Hall–Kier alpha value is -0.730. The van der Waals surface area contributed by atoms with E-state index in [1.54, 1.807) is 7.11 Å². The molecule has 1 atom stereocenters. The highest BCUT2D eigenvalue weighted by Crippen LogP contribution is 2.23. The van der Waals surface area contributed by atoms with Crippen LogP contribution in [-0.2, 0) is 4.74 Å². The fourth-order valence-electron chi connectivity index (χ4n) is 1.43. The molecule has 0 heterocycles. The van der Waals surface area contributed by atoms with E-state index in [1.807, 2.05) is 12.1 Å². The quantitative estimate of drug-likeness (QED) is 0.832. The van der Waals surface area contributed by atoms with Crippen molar-refractivity contribution in [3.8, 4) is 0 Å². The van der Waals surface area contributed by atoms with Gasteiger partial charge in [0.05, 0.1) is 17.3 Å². The Kier molecular flexibility index (Phi) is 4.92. The molecule has 15 heavy (non-hydrogen) atoms. The molecule has 2 nitrogen and oxygen atoms in total. The molecule has 0 radical (unpaired) electrons. The minimum absolute atomic E-state index is 0.314. The van der Waals surface area contributed by atoms with Gasteiger partial charge < -0.3 is 10.1 Å². The van der Waals surface area contributed by atoms with E-state index in [-0.39, 0.29) is 0 Å². The van der Waals surface area contributed by atoms with Crippen molar-refractivity contribution in [3.63, 3.8) is 0 Å². The van der Waals surface area contributed by atoms with E-state index in [1.165, 1.54) is 5.56 Å². The summed E-state index contributed by atoms with van der Waals surface area (Å²) >= 11 is 6.09. The number of methoxy groups -OCH3 is 1. The van der Waals surface area contributed by atoms with Crippen LogP contribution in [0.25, 0.3) is 0 Å². The number of anilines is 1. The van der Waals surface area contributed by atoms with Crippen LogP contribution in [0.1, 0.15) is 18.9 Å². The van der Waals surface area contributed by atoms with Gasteiger partial charge in [0.2, 0.25) is 0 Å². The molecule has 84 valence electrons. The summed E-state index contributed by atoms with van der Waals surface area (Å²) < 4.78 is 5.13. The van der Waals surface area contributed by atoms with Gasteiger partial charge in [-0.1, -0.05) is 24.6 Å². The molecule has 1 unspecified atom stereocenters. The number of rotatable bonds is 5. The van der Waals surface area contributed by atoms with Crippen LogP contribution in [0.4, 0.5) is 5.69 Å². The van der Waals surface area contributed by atoms with Gasteiger partial charge in [0.25, 0.3) is 0 Å². The molecule has 0 fully saturated rings. The van der Waals surface area contributed by atoms with Gasteiger partial charge in [0.1, 0.15) is 0 Å². The summed E-state index contributed by atoms with van der Waals surface area (Å²) in [6, 6.07) is 6.29. The van der Waals surface area contributed by atoms with Gasteiger partial charge in [-0.15, -0.1) is 0 Å². The zero-order chi connectivity index (χ0) is 11.3. The number of nitrogens with one attached hydrogen (secondary N) is 1. The van der Waals surface area contributed by atoms with Gasteiger partial charge in [0.15, 0.2) is 0 Å². The fourth-order valence-corrected chi connectivity index (χ4v) is 1.60. The second kappa shape index (κ2) is 5.99. The highest BCUT2D eigenvalue weighted by atomic mass is 35.5. The molecule has 3 heteroatoms. The molecular weight excluding hydrogens is 210 g/mol. The molecule has 0 aliphatic carbocycles. The summed E-state index contributed by atoms with van der Waals surface area (Å²) in [4.78, 5) is 0. The SMILES string of the molecule is CCC(COC)Nc1cc(C)ccc1Cl. The normalized spacial score (nSPS) is 12.5. The van der Waals surface area contributed by atoms with Gasteiger partial charge in [-0.3, -0.25) is 0 Å². The molecule has 1 aromatic rings. The van der Waals surface area contributed by atoms with Crippen molar-refractivity contribution in [2.75, 3.05) is 19.0 Å². The van der Waals surface area contributed by atoms with Crippen molar-refractivity contribution >= 4 is 17.3 Å². The van der Waals surface area contributed by atoms with Crippen molar-refractivity contribution in [1.29, 1.82) is 0 Å². The number of hydrogen-bond acceptors (Lipinski definition) is 2. The van der Waals surface area contributed by atoms with Crippen molar-refractivity contribution in [1.82, 2.24) is 0 Å². The van der Waals surface area contributed by atoms with Crippen LogP contribution in [0.2, 0.25) is 5.02 Å². The van der Waals surface area contributed by atoms with E-state index in [4.69, 9.17) is 16.3 Å². The standard InChI is InChI=1S/C12H18ClNO/c1-4-10(8-15-3)14-12-7-9(2)5-6-11(12)13/h5-7,10,14H,4,8H2,1-3H3. The molecule has 0 aromatic heterocycles. The number of benzene rings is 1. The highest BCUT2D eigenvalue weighted by molar-refractivity contribution is 6.33. The molecule has 0 aliphatic heterocycles. The maximum absolute atomic E-state index is 6.09. The van der Waals surface area contributed by atoms with Crippen LogP contribution in [0, 0.1) is 6.92 Å². The maximum Gasteiger partial charge on any atom is 0.0663 e. The van der Waals surface area contributed by atoms with Crippen molar-refractivity contribution in [3.05, 3.63) is 28.8 Å². The van der Waals surface area contributed by atoms with Gasteiger partial charge in [0, 0.05) is 13.2 Å². The Labute approximate surface area is 96.6 Å². The zero-order valence-corrected chi connectivity index (χ0v) is 10.3. The molecule has 0 spiro atoms. The smallest absolute Gasteiger partial charge is 0.0663 e. The lowest BCUT2D eigenvalue weighted by Gasteiger charge is -2.18. The second-order valence-corrected chi connectivity index (χ2v) is 4.10. The second-order valence-electron chi connectivity index (χ2n) is 3.69. The first-order chi connectivity index (χ1) is 7.17. The van der Waals surface area contributed by atoms with Crippen LogP contribution in [0.3, 0.4) is 0 Å². The van der Waals surface area contributed by atoms with Crippen LogP contribution >= 0.6 is 11.6 Å². The Morgan fingerprint density at radius 3 is 2.80 bits per heavy atom. The predicted octanol–water partition coefficient (Wildman–Crippen LogP) is 3.49. The summed E-state index contributed by atoms with van der Waals surface area (Å²) in [5, 5.41) is 4.14. The van der Waals surface area contributed by atoms with E-state index < -0.39 is 0 Å². The van der Waals surface area contributed by atoms with Gasteiger partial charge in [-0.2, -0.15) is 0 Å². The van der Waals surface area contributed by atoms with E-state index in [0.717, 1.165) is 17.1 Å². The third kappa shape index (κ3) is 3.73. The van der Waals surface area contributed by atoms with Crippen molar-refractivity contribution in [2.45, 2.75) is 26.3 Å². The largest absolute Gasteiger partial charge is 0.383 e. The van der Waals surface area contributed by atoms with E-state index in [0.29, 0.717) is 12.6 Å². The Balaban J connectivity index is 2.73. The Bertz CT molecular complexity index is 314. The third-order valence-electron chi connectivity index (χ3n) is 2.34. The molecule has 0 saturated carbocycles. The highest BCUT2D eigenvalue weighted by Gasteiger charge is 2.07. The number of halogens is 1. The molecule has 0 aliphatic rings. The Morgan fingerprint density at radius 1 is 1.47 bits per heavy atom. The maximum atomic E-state index is 6.09. The first-order valence-electron chi connectivity index (χ1n) is 5.19. The van der Waals surface area contributed by atoms with Crippen LogP contribution in [-0.4, -0.2) is 19.8 Å². The minimum Gasteiger partial charge on any atom is -0.383 e. The molecule has 1 rings (SSSR count). The van der Waals surface area contributed by atoms with Crippen molar-refractivity contribution < 1.29 is 4.74 Å². The van der Waals surface area contributed by atoms with Crippen molar-refractivity contribution in [2.24, 2.45) is 0 Å². The van der Waals surface area contributed by atoms with E-state index in [2.05, 4.69) is 25.2 Å². The molecular formula is C12H18ClNO.